The summed E-state index contributed by atoms with van der Waals surface area (Å²) in [5.41, 5.74) is 4.44. The van der Waals surface area contributed by atoms with E-state index >= 15 is 0 Å². The molecule has 3 rings (SSSR count). The molecule has 0 saturated carbocycles. The third kappa shape index (κ3) is 5.72. The Morgan fingerprint density at radius 1 is 1.07 bits per heavy atom. The average molecular weight is 484 g/mol. The van der Waals surface area contributed by atoms with Crippen LogP contribution in [0.2, 0.25) is 0 Å². The first kappa shape index (κ1) is 25.0. The number of para-hydroxylation sites is 1. The number of hydrogen-bond donors (Lipinski definition) is 1. The van der Waals surface area contributed by atoms with Crippen molar-refractivity contribution in [3.63, 3.8) is 0 Å². The molecule has 4 nitrogen and oxygen atoms in total. The molecule has 0 spiro atoms. The summed E-state index contributed by atoms with van der Waals surface area (Å²) in [4.78, 5) is 13.5. The number of likely N-dealkylation sites (tertiary alicyclic amines) is 1. The molecule has 1 radical (unpaired) electrons. The molecule has 1 atom stereocenters. The molecule has 2 aromatic rings. The van der Waals surface area contributed by atoms with Gasteiger partial charge in [0, 0.05) is 50.4 Å². The molecule has 0 bridgehead atoms. The van der Waals surface area contributed by atoms with E-state index in [2.05, 4.69) is 50.4 Å². The van der Waals surface area contributed by atoms with Crippen LogP contribution in [0.15, 0.2) is 42.5 Å². The summed E-state index contributed by atoms with van der Waals surface area (Å²) in [6.45, 7) is 9.24. The smallest absolute Gasteiger partial charge is 0.282 e. The van der Waals surface area contributed by atoms with Crippen LogP contribution in [0.5, 0.6) is 5.75 Å². The van der Waals surface area contributed by atoms with Gasteiger partial charge in [0.15, 0.2) is 6.04 Å². The van der Waals surface area contributed by atoms with Crippen molar-refractivity contribution in [3.8, 4) is 5.75 Å². The number of amides is 1. The normalized spacial score (nSPS) is 16.3. The third-order valence-corrected chi connectivity index (χ3v) is 6.42. The molecule has 2 aromatic carbocycles. The van der Waals surface area contributed by atoms with Gasteiger partial charge in [0.25, 0.3) is 5.91 Å². The van der Waals surface area contributed by atoms with Gasteiger partial charge in [0.05, 0.1) is 20.2 Å². The van der Waals surface area contributed by atoms with Gasteiger partial charge in [0.2, 0.25) is 0 Å². The number of rotatable bonds is 7. The van der Waals surface area contributed by atoms with E-state index in [0.29, 0.717) is 0 Å². The van der Waals surface area contributed by atoms with Crippen molar-refractivity contribution in [2.24, 2.45) is 0 Å². The van der Waals surface area contributed by atoms with Gasteiger partial charge in [-0.2, -0.15) is 0 Å². The summed E-state index contributed by atoms with van der Waals surface area (Å²) in [6.07, 6.45) is 4.45. The Hall–Kier alpha value is -1.23. The molecule has 1 saturated heterocycles. The van der Waals surface area contributed by atoms with Gasteiger partial charge in [-0.25, -0.2) is 0 Å². The zero-order valence-electron chi connectivity index (χ0n) is 18.9. The van der Waals surface area contributed by atoms with Crippen LogP contribution < -0.4 is 10.1 Å². The first-order valence-corrected chi connectivity index (χ1v) is 10.8. The van der Waals surface area contributed by atoms with Crippen LogP contribution in [-0.4, -0.2) is 36.6 Å². The van der Waals surface area contributed by atoms with E-state index in [-0.39, 0.29) is 44.7 Å². The Kier molecular flexibility index (Phi) is 9.52. The zero-order chi connectivity index (χ0) is 20.9. The van der Waals surface area contributed by atoms with Crippen molar-refractivity contribution in [3.05, 3.63) is 59.2 Å². The Morgan fingerprint density at radius 3 is 2.30 bits per heavy atom. The summed E-state index contributed by atoms with van der Waals surface area (Å²) >= 11 is 0. The summed E-state index contributed by atoms with van der Waals surface area (Å²) in [6, 6.07) is 14.4. The van der Waals surface area contributed by atoms with Crippen molar-refractivity contribution >= 4 is 11.6 Å². The maximum Gasteiger partial charge on any atom is 0.282 e. The van der Waals surface area contributed by atoms with E-state index in [0.717, 1.165) is 53.1 Å². The number of ether oxygens (including phenoxy) is 1. The van der Waals surface area contributed by atoms with Crippen LogP contribution >= 0.6 is 0 Å². The van der Waals surface area contributed by atoms with E-state index < -0.39 is 0 Å². The SMILES string of the molecule is CCC(C(=O)Nc1c(C)cccc1C)[N+]1(Cc2cccc(OC)c2)CCCCC1.[Y]. The summed E-state index contributed by atoms with van der Waals surface area (Å²) < 4.78 is 6.26. The van der Waals surface area contributed by atoms with E-state index in [1.165, 1.54) is 24.8 Å². The number of benzene rings is 2. The average Bonchev–Trinajstić information content (AvgIpc) is 2.72. The maximum absolute atomic E-state index is 13.5. The summed E-state index contributed by atoms with van der Waals surface area (Å²) in [5.74, 6) is 1.03. The Labute approximate surface area is 206 Å². The quantitative estimate of drug-likeness (QED) is 0.547. The predicted octanol–water partition coefficient (Wildman–Crippen LogP) is 5.23. The number of quaternary nitrogens is 1. The fraction of sp³-hybridized carbons (Fsp3) is 0.480. The van der Waals surface area contributed by atoms with Crippen molar-refractivity contribution in [1.29, 1.82) is 0 Å². The van der Waals surface area contributed by atoms with Crippen molar-refractivity contribution in [2.75, 3.05) is 25.5 Å². The molecule has 1 N–H and O–H groups in total. The van der Waals surface area contributed by atoms with Gasteiger partial charge in [-0.1, -0.05) is 37.3 Å². The molecule has 1 heterocycles. The molecule has 30 heavy (non-hydrogen) atoms. The molecular weight excluding hydrogens is 449 g/mol. The molecule has 1 unspecified atom stereocenters. The molecule has 0 aromatic heterocycles. The summed E-state index contributed by atoms with van der Waals surface area (Å²) in [5, 5.41) is 3.28. The van der Waals surface area contributed by atoms with Crippen LogP contribution in [0.25, 0.3) is 0 Å². The molecule has 1 aliphatic heterocycles. The molecule has 5 heteroatoms. The van der Waals surface area contributed by atoms with Gasteiger partial charge in [-0.15, -0.1) is 0 Å². The number of piperidine rings is 1. The number of methoxy groups -OCH3 is 1. The fourth-order valence-corrected chi connectivity index (χ4v) is 4.90. The van der Waals surface area contributed by atoms with Crippen molar-refractivity contribution in [2.45, 2.75) is 59.0 Å². The molecule has 1 amide bonds. The standard InChI is InChI=1S/C25H34N2O2.Y/c1-5-23(25(28)26-24-19(2)11-9-12-20(24)3)27(15-7-6-8-16-27)18-21-13-10-14-22(17-21)29-4;/h9-14,17,23H,5-8,15-16,18H2,1-4H3;/p+1. The monoisotopic (exact) mass is 484 g/mol. The van der Waals surface area contributed by atoms with E-state index in [1.54, 1.807) is 7.11 Å². The van der Waals surface area contributed by atoms with Gasteiger partial charge in [-0.3, -0.25) is 4.79 Å². The largest absolute Gasteiger partial charge is 0.497 e. The first-order valence-electron chi connectivity index (χ1n) is 10.8. The minimum atomic E-state index is -0.0551. The van der Waals surface area contributed by atoms with Crippen LogP contribution in [0.3, 0.4) is 0 Å². The van der Waals surface area contributed by atoms with Gasteiger partial charge in [0.1, 0.15) is 12.3 Å². The van der Waals surface area contributed by atoms with Crippen LogP contribution in [0.4, 0.5) is 5.69 Å². The maximum atomic E-state index is 13.5. The van der Waals surface area contributed by atoms with E-state index in [4.69, 9.17) is 4.74 Å². The van der Waals surface area contributed by atoms with Gasteiger partial charge < -0.3 is 14.5 Å². The molecule has 0 aliphatic carbocycles. The van der Waals surface area contributed by atoms with Crippen LogP contribution in [0, 0.1) is 13.8 Å². The topological polar surface area (TPSA) is 38.3 Å². The number of hydrogen-bond acceptors (Lipinski definition) is 2. The zero-order valence-corrected chi connectivity index (χ0v) is 21.7. The number of anilines is 1. The second-order valence-corrected chi connectivity index (χ2v) is 8.42. The molecule has 1 aliphatic rings. The van der Waals surface area contributed by atoms with Crippen molar-refractivity contribution < 1.29 is 46.7 Å². The van der Waals surface area contributed by atoms with Crippen LogP contribution in [-0.2, 0) is 44.0 Å². The molecule has 1 fully saturated rings. The Bertz CT molecular complexity index is 827. The predicted molar refractivity (Wildman–Crippen MR) is 119 cm³/mol. The van der Waals surface area contributed by atoms with Crippen LogP contribution in [0.1, 0.15) is 49.3 Å². The van der Waals surface area contributed by atoms with E-state index in [1.807, 2.05) is 18.2 Å². The molecule has 159 valence electrons. The third-order valence-electron chi connectivity index (χ3n) is 6.42. The number of aryl methyl sites for hydroxylation is 2. The van der Waals surface area contributed by atoms with E-state index in [9.17, 15) is 4.79 Å². The minimum absolute atomic E-state index is 0. The Morgan fingerprint density at radius 2 is 1.70 bits per heavy atom. The first-order chi connectivity index (χ1) is 14.0. The second-order valence-electron chi connectivity index (χ2n) is 8.42. The van der Waals surface area contributed by atoms with Crippen molar-refractivity contribution in [1.82, 2.24) is 0 Å². The number of nitrogens with zero attached hydrogens (tertiary/aromatic N) is 1. The fourth-order valence-electron chi connectivity index (χ4n) is 4.90. The second kappa shape index (κ2) is 11.4. The number of carbonyl (C=O) groups excluding carboxylic acids is 1. The molecular formula is C25H35N2O2Y+. The van der Waals surface area contributed by atoms with Gasteiger partial charge >= 0.3 is 0 Å². The number of carbonyl (C=O) groups is 1. The van der Waals surface area contributed by atoms with Gasteiger partial charge in [-0.05, 0) is 56.4 Å². The Balaban J connectivity index is 0.00000320. The summed E-state index contributed by atoms with van der Waals surface area (Å²) in [7, 11) is 1.71. The number of nitrogens with one attached hydrogen (secondary N) is 1. The minimum Gasteiger partial charge on any atom is -0.497 e.